The molecule has 0 unspecified atom stereocenters. The highest BCUT2D eigenvalue weighted by atomic mass is 19.4. The second kappa shape index (κ2) is 6.23. The highest BCUT2D eigenvalue weighted by molar-refractivity contribution is 5.67. The highest BCUT2D eigenvalue weighted by Gasteiger charge is 2.38. The van der Waals surface area contributed by atoms with Crippen LogP contribution >= 0.6 is 0 Å². The number of nitrogens with zero attached hydrogens (tertiary/aromatic N) is 2. The smallest absolute Gasteiger partial charge is 0.471 e. The molecule has 0 fully saturated rings. The Labute approximate surface area is 135 Å². The summed E-state index contributed by atoms with van der Waals surface area (Å²) in [4.78, 5) is 3.38. The van der Waals surface area contributed by atoms with E-state index in [4.69, 9.17) is 4.74 Å². The lowest BCUT2D eigenvalue weighted by atomic mass is 10.2. The molecule has 0 radical (unpaired) electrons. The summed E-state index contributed by atoms with van der Waals surface area (Å²) in [5, 5.41) is 6.51. The van der Waals surface area contributed by atoms with Gasteiger partial charge in [-0.1, -0.05) is 23.4 Å². The van der Waals surface area contributed by atoms with Crippen molar-refractivity contribution < 1.29 is 22.4 Å². The van der Waals surface area contributed by atoms with E-state index >= 15 is 0 Å². The van der Waals surface area contributed by atoms with Crippen LogP contribution < -0.4 is 10.1 Å². The normalized spacial score (nSPS) is 11.3. The number of ether oxygens (including phenoxy) is 1. The van der Waals surface area contributed by atoms with Crippen molar-refractivity contribution in [1.29, 1.82) is 0 Å². The molecule has 0 spiro atoms. The number of benzene rings is 2. The van der Waals surface area contributed by atoms with E-state index in [1.807, 2.05) is 12.1 Å². The Balaban J connectivity index is 1.85. The summed E-state index contributed by atoms with van der Waals surface area (Å²) in [6.07, 6.45) is -4.66. The van der Waals surface area contributed by atoms with E-state index in [9.17, 15) is 13.2 Å². The molecule has 5 nitrogen and oxygen atoms in total. The molecule has 0 aliphatic rings. The molecule has 0 atom stereocenters. The molecule has 2 aromatic carbocycles. The van der Waals surface area contributed by atoms with E-state index < -0.39 is 12.1 Å². The van der Waals surface area contributed by atoms with Gasteiger partial charge in [0.2, 0.25) is 5.82 Å². The van der Waals surface area contributed by atoms with E-state index in [2.05, 4.69) is 20.0 Å². The Morgan fingerprint density at radius 2 is 1.75 bits per heavy atom. The quantitative estimate of drug-likeness (QED) is 0.760. The number of anilines is 2. The Morgan fingerprint density at radius 3 is 2.42 bits per heavy atom. The first kappa shape index (κ1) is 15.9. The molecule has 1 aromatic heterocycles. The Hall–Kier alpha value is -3.03. The first-order valence-corrected chi connectivity index (χ1v) is 6.88. The van der Waals surface area contributed by atoms with Gasteiger partial charge >= 0.3 is 12.1 Å². The molecule has 0 aliphatic carbocycles. The summed E-state index contributed by atoms with van der Waals surface area (Å²) >= 11 is 0. The second-order valence-corrected chi connectivity index (χ2v) is 4.86. The Kier molecular flexibility index (Phi) is 4.11. The number of aromatic nitrogens is 2. The summed E-state index contributed by atoms with van der Waals surface area (Å²) in [6.45, 7) is 0. The molecule has 24 heavy (non-hydrogen) atoms. The van der Waals surface area contributed by atoms with Crippen LogP contribution in [0.2, 0.25) is 0 Å². The largest absolute Gasteiger partial charge is 0.497 e. The topological polar surface area (TPSA) is 60.2 Å². The maximum absolute atomic E-state index is 12.5. The van der Waals surface area contributed by atoms with Crippen LogP contribution in [0.25, 0.3) is 11.4 Å². The van der Waals surface area contributed by atoms with Gasteiger partial charge in [-0.3, -0.25) is 0 Å². The summed E-state index contributed by atoms with van der Waals surface area (Å²) in [7, 11) is 1.56. The first-order chi connectivity index (χ1) is 11.5. The van der Waals surface area contributed by atoms with Gasteiger partial charge < -0.3 is 14.6 Å². The van der Waals surface area contributed by atoms with E-state index in [0.29, 0.717) is 17.0 Å². The maximum Gasteiger partial charge on any atom is 0.471 e. The number of hydrogen-bond acceptors (Lipinski definition) is 5. The Bertz CT molecular complexity index is 846. The zero-order valence-electron chi connectivity index (χ0n) is 12.5. The number of nitrogens with one attached hydrogen (secondary N) is 1. The summed E-state index contributed by atoms with van der Waals surface area (Å²) < 4.78 is 47.0. The van der Waals surface area contributed by atoms with Crippen molar-refractivity contribution in [2.24, 2.45) is 0 Å². The van der Waals surface area contributed by atoms with Crippen LogP contribution in [0, 0.1) is 0 Å². The molecule has 0 amide bonds. The Morgan fingerprint density at radius 1 is 1.04 bits per heavy atom. The van der Waals surface area contributed by atoms with Gasteiger partial charge in [0.1, 0.15) is 5.75 Å². The van der Waals surface area contributed by atoms with Crippen molar-refractivity contribution >= 4 is 11.4 Å². The lowest BCUT2D eigenvalue weighted by Crippen LogP contribution is -2.04. The first-order valence-electron chi connectivity index (χ1n) is 6.88. The van der Waals surface area contributed by atoms with Gasteiger partial charge in [0, 0.05) is 23.0 Å². The number of hydrogen-bond donors (Lipinski definition) is 1. The lowest BCUT2D eigenvalue weighted by molar-refractivity contribution is -0.159. The fraction of sp³-hybridized carbons (Fsp3) is 0.125. The summed E-state index contributed by atoms with van der Waals surface area (Å²) in [5.41, 5.74) is 1.84. The van der Waals surface area contributed by atoms with Crippen LogP contribution in [0.5, 0.6) is 5.75 Å². The molecule has 1 N–H and O–H groups in total. The molecular weight excluding hydrogens is 323 g/mol. The van der Waals surface area contributed by atoms with Crippen LogP contribution in [0.3, 0.4) is 0 Å². The maximum atomic E-state index is 12.5. The van der Waals surface area contributed by atoms with Crippen LogP contribution in [0.4, 0.5) is 24.5 Å². The predicted molar refractivity (Wildman–Crippen MR) is 81.0 cm³/mol. The van der Waals surface area contributed by atoms with Crippen LogP contribution in [0.1, 0.15) is 5.89 Å². The van der Waals surface area contributed by atoms with Gasteiger partial charge in [-0.25, -0.2) is 0 Å². The minimum atomic E-state index is -4.66. The van der Waals surface area contributed by atoms with Crippen LogP contribution in [-0.2, 0) is 6.18 Å². The second-order valence-electron chi connectivity index (χ2n) is 4.86. The molecule has 3 rings (SSSR count). The zero-order chi connectivity index (χ0) is 17.2. The van der Waals surface area contributed by atoms with Gasteiger partial charge in [0.15, 0.2) is 0 Å². The van der Waals surface area contributed by atoms with E-state index in [0.717, 1.165) is 5.69 Å². The number of halogens is 3. The minimum absolute atomic E-state index is 0.128. The van der Waals surface area contributed by atoms with Gasteiger partial charge in [0.05, 0.1) is 7.11 Å². The molecule has 3 aromatic rings. The molecule has 8 heteroatoms. The lowest BCUT2D eigenvalue weighted by Gasteiger charge is -2.08. The van der Waals surface area contributed by atoms with Gasteiger partial charge in [-0.2, -0.15) is 18.2 Å². The molecule has 0 aliphatic heterocycles. The number of alkyl halides is 3. The van der Waals surface area contributed by atoms with Crippen molar-refractivity contribution in [1.82, 2.24) is 10.1 Å². The van der Waals surface area contributed by atoms with Crippen LogP contribution in [-0.4, -0.2) is 17.3 Å². The standard InChI is InChI=1S/C16H12F3N3O2/c1-23-13-7-3-6-12(9-13)20-11-5-2-4-10(8-11)14-21-15(24-22-14)16(17,18)19/h2-9,20H,1H3. The number of methoxy groups -OCH3 is 1. The SMILES string of the molecule is COc1cccc(Nc2cccc(-c3noc(C(F)(F)F)n3)c2)c1. The molecular formula is C16H12F3N3O2. The van der Waals surface area contributed by atoms with E-state index in [1.165, 1.54) is 0 Å². The number of rotatable bonds is 4. The van der Waals surface area contributed by atoms with Crippen molar-refractivity contribution in [3.8, 4) is 17.1 Å². The van der Waals surface area contributed by atoms with Gasteiger partial charge in [-0.05, 0) is 24.3 Å². The summed E-state index contributed by atoms with van der Waals surface area (Å²) in [5.74, 6) is -0.815. The average molecular weight is 335 g/mol. The van der Waals surface area contributed by atoms with Crippen molar-refractivity contribution in [2.45, 2.75) is 6.18 Å². The van der Waals surface area contributed by atoms with Crippen molar-refractivity contribution in [2.75, 3.05) is 12.4 Å². The zero-order valence-corrected chi connectivity index (χ0v) is 12.5. The van der Waals surface area contributed by atoms with Gasteiger partial charge in [-0.15, -0.1) is 0 Å². The van der Waals surface area contributed by atoms with E-state index in [-0.39, 0.29) is 5.82 Å². The molecule has 1 heterocycles. The predicted octanol–water partition coefficient (Wildman–Crippen LogP) is 4.51. The fourth-order valence-electron chi connectivity index (χ4n) is 2.06. The molecule has 0 saturated heterocycles. The van der Waals surface area contributed by atoms with E-state index in [1.54, 1.807) is 43.5 Å². The highest BCUT2D eigenvalue weighted by Crippen LogP contribution is 2.30. The van der Waals surface area contributed by atoms with Crippen molar-refractivity contribution in [3.05, 3.63) is 54.4 Å². The molecule has 0 bridgehead atoms. The molecule has 124 valence electrons. The average Bonchev–Trinajstić information content (AvgIpc) is 3.06. The summed E-state index contributed by atoms with van der Waals surface area (Å²) in [6, 6.07) is 13.9. The fourth-order valence-corrected chi connectivity index (χ4v) is 2.06. The van der Waals surface area contributed by atoms with Crippen LogP contribution in [0.15, 0.2) is 53.1 Å². The minimum Gasteiger partial charge on any atom is -0.497 e. The third-order valence-corrected chi connectivity index (χ3v) is 3.15. The molecule has 0 saturated carbocycles. The van der Waals surface area contributed by atoms with Crippen molar-refractivity contribution in [3.63, 3.8) is 0 Å². The van der Waals surface area contributed by atoms with Gasteiger partial charge in [0.25, 0.3) is 0 Å². The third-order valence-electron chi connectivity index (χ3n) is 3.15. The monoisotopic (exact) mass is 335 g/mol. The third kappa shape index (κ3) is 3.48.